The topological polar surface area (TPSA) is 87.0 Å². The van der Waals surface area contributed by atoms with Crippen molar-refractivity contribution in [1.82, 2.24) is 19.9 Å². The van der Waals surface area contributed by atoms with Crippen molar-refractivity contribution in [2.45, 2.75) is 70.1 Å². The number of nitrogens with zero attached hydrogens (tertiary/aromatic N) is 5. The van der Waals surface area contributed by atoms with Crippen molar-refractivity contribution >= 4 is 16.9 Å². The number of likely N-dealkylation sites (N-methyl/N-ethyl adjacent to an activating group) is 1. The van der Waals surface area contributed by atoms with Gasteiger partial charge in [0.2, 0.25) is 5.88 Å². The van der Waals surface area contributed by atoms with Crippen LogP contribution < -0.4 is 10.1 Å². The van der Waals surface area contributed by atoms with Crippen LogP contribution in [-0.2, 0) is 5.41 Å². The summed E-state index contributed by atoms with van der Waals surface area (Å²) in [6.45, 7) is 6.43. The number of pyridine rings is 1. The quantitative estimate of drug-likeness (QED) is 0.419. The number of benzene rings is 1. The third-order valence-electron chi connectivity index (χ3n) is 7.63. The minimum absolute atomic E-state index is 0.0261. The molecule has 2 unspecified atom stereocenters. The van der Waals surface area contributed by atoms with Crippen LogP contribution >= 0.6 is 0 Å². The fourth-order valence-electron chi connectivity index (χ4n) is 5.13. The van der Waals surface area contributed by atoms with Gasteiger partial charge in [-0.1, -0.05) is 18.2 Å². The molecule has 1 aliphatic carbocycles. The molecule has 1 saturated carbocycles. The Bertz CT molecular complexity index is 1370. The van der Waals surface area contributed by atoms with E-state index in [1.807, 2.05) is 6.07 Å². The molecule has 1 aliphatic heterocycles. The molecule has 0 bridgehead atoms. The predicted molar refractivity (Wildman–Crippen MR) is 138 cm³/mol. The first-order valence-electron chi connectivity index (χ1n) is 12.9. The maximum atomic E-state index is 15.1. The Morgan fingerprint density at radius 2 is 2.00 bits per heavy atom. The summed E-state index contributed by atoms with van der Waals surface area (Å²) in [4.78, 5) is 16.2. The zero-order chi connectivity index (χ0) is 26.3. The number of alkyl halides is 1. The molecular weight excluding hydrogens is 474 g/mol. The summed E-state index contributed by atoms with van der Waals surface area (Å²) in [6, 6.07) is 8.91. The monoisotopic (exact) mass is 506 g/mol. The van der Waals surface area contributed by atoms with Crippen LogP contribution in [0.25, 0.3) is 11.0 Å². The number of anilines is 1. The highest BCUT2D eigenvalue weighted by Crippen LogP contribution is 2.51. The van der Waals surface area contributed by atoms with Crippen LogP contribution in [0.5, 0.6) is 5.88 Å². The van der Waals surface area contributed by atoms with E-state index in [4.69, 9.17) is 9.72 Å². The largest absolute Gasteiger partial charge is 0.476 e. The van der Waals surface area contributed by atoms with Gasteiger partial charge < -0.3 is 15.0 Å². The number of halogens is 2. The Morgan fingerprint density at radius 1 is 1.24 bits per heavy atom. The zero-order valence-corrected chi connectivity index (χ0v) is 21.7. The van der Waals surface area contributed by atoms with Crippen molar-refractivity contribution in [2.75, 3.05) is 25.5 Å². The van der Waals surface area contributed by atoms with Crippen LogP contribution in [0.4, 0.5) is 14.6 Å². The lowest BCUT2D eigenvalue weighted by molar-refractivity contribution is 0.192. The van der Waals surface area contributed by atoms with Gasteiger partial charge in [0.1, 0.15) is 30.2 Å². The van der Waals surface area contributed by atoms with Crippen LogP contribution in [0, 0.1) is 24.1 Å². The van der Waals surface area contributed by atoms with E-state index >= 15 is 4.39 Å². The number of hydrogen-bond donors (Lipinski definition) is 1. The van der Waals surface area contributed by atoms with E-state index in [1.165, 1.54) is 13.0 Å². The van der Waals surface area contributed by atoms with Gasteiger partial charge in [0.05, 0.1) is 22.9 Å². The molecule has 194 valence electrons. The van der Waals surface area contributed by atoms with Crippen molar-refractivity contribution in [1.29, 1.82) is 5.26 Å². The molecule has 2 aliphatic rings. The highest BCUT2D eigenvalue weighted by atomic mass is 19.1. The first-order valence-corrected chi connectivity index (χ1v) is 12.9. The minimum atomic E-state index is -1.41. The number of likely N-dealkylation sites (tertiary alicyclic amines) is 1. The molecule has 1 aromatic carbocycles. The molecule has 5 rings (SSSR count). The summed E-state index contributed by atoms with van der Waals surface area (Å²) in [6.07, 6.45) is 2.26. The minimum Gasteiger partial charge on any atom is -0.476 e. The van der Waals surface area contributed by atoms with E-state index in [-0.39, 0.29) is 5.56 Å². The number of ether oxygens (including phenoxy) is 1. The molecule has 37 heavy (non-hydrogen) atoms. The summed E-state index contributed by atoms with van der Waals surface area (Å²) in [7, 11) is 2.09. The number of rotatable bonds is 8. The van der Waals surface area contributed by atoms with Gasteiger partial charge in [0, 0.05) is 22.7 Å². The van der Waals surface area contributed by atoms with Gasteiger partial charge in [-0.05, 0) is 66.1 Å². The van der Waals surface area contributed by atoms with Crippen molar-refractivity contribution in [3.8, 4) is 11.9 Å². The van der Waals surface area contributed by atoms with Gasteiger partial charge in [-0.15, -0.1) is 0 Å². The lowest BCUT2D eigenvalue weighted by Crippen LogP contribution is -2.31. The van der Waals surface area contributed by atoms with Crippen LogP contribution in [0.2, 0.25) is 0 Å². The Hall–Kier alpha value is -3.38. The lowest BCUT2D eigenvalue weighted by atomic mass is 9.97. The third-order valence-corrected chi connectivity index (χ3v) is 7.63. The van der Waals surface area contributed by atoms with E-state index < -0.39 is 23.4 Å². The summed E-state index contributed by atoms with van der Waals surface area (Å²) < 4.78 is 35.2. The second-order valence-corrected chi connectivity index (χ2v) is 10.3. The van der Waals surface area contributed by atoms with E-state index in [0.29, 0.717) is 46.8 Å². The average molecular weight is 507 g/mol. The van der Waals surface area contributed by atoms with Gasteiger partial charge in [-0.3, -0.25) is 0 Å². The highest BCUT2D eigenvalue weighted by molar-refractivity contribution is 5.88. The van der Waals surface area contributed by atoms with Crippen molar-refractivity contribution in [3.63, 3.8) is 0 Å². The molecule has 9 heteroatoms. The molecule has 2 fully saturated rings. The Balaban J connectivity index is 1.53. The van der Waals surface area contributed by atoms with E-state index in [0.717, 1.165) is 37.8 Å². The molecule has 0 radical (unpaired) electrons. The number of nitrogens with one attached hydrogen (secondary N) is 1. The smallest absolute Gasteiger partial charge is 0.220 e. The molecule has 1 N–H and O–H groups in total. The van der Waals surface area contributed by atoms with Crippen molar-refractivity contribution in [2.24, 2.45) is 0 Å². The highest BCUT2D eigenvalue weighted by Gasteiger charge is 2.48. The van der Waals surface area contributed by atoms with Crippen LogP contribution in [0.3, 0.4) is 0 Å². The number of hydrogen-bond acceptors (Lipinski definition) is 7. The summed E-state index contributed by atoms with van der Waals surface area (Å²) in [5, 5.41) is 13.9. The lowest BCUT2D eigenvalue weighted by Gasteiger charge is -2.22. The summed E-state index contributed by atoms with van der Waals surface area (Å²) >= 11 is 0. The van der Waals surface area contributed by atoms with Crippen molar-refractivity contribution < 1.29 is 13.5 Å². The fourth-order valence-corrected chi connectivity index (χ4v) is 5.13. The first kappa shape index (κ1) is 25.3. The molecule has 0 amide bonds. The maximum absolute atomic E-state index is 15.1. The van der Waals surface area contributed by atoms with Gasteiger partial charge in [-0.25, -0.2) is 18.7 Å². The Morgan fingerprint density at radius 3 is 2.65 bits per heavy atom. The molecule has 3 aromatic rings. The second-order valence-electron chi connectivity index (χ2n) is 10.3. The fraction of sp³-hybridized carbons (Fsp3) is 0.500. The molecule has 7 nitrogen and oxygen atoms in total. The second kappa shape index (κ2) is 9.82. The molecular formula is C28H32F2N6O. The van der Waals surface area contributed by atoms with Crippen LogP contribution in [0.15, 0.2) is 24.3 Å². The van der Waals surface area contributed by atoms with E-state index in [1.54, 1.807) is 26.0 Å². The van der Waals surface area contributed by atoms with Gasteiger partial charge >= 0.3 is 0 Å². The number of aryl methyl sites for hydroxylation is 1. The first-order chi connectivity index (χ1) is 17.7. The average Bonchev–Trinajstić information content (AvgIpc) is 3.56. The van der Waals surface area contributed by atoms with Crippen LogP contribution in [-0.4, -0.2) is 46.1 Å². The maximum Gasteiger partial charge on any atom is 0.220 e. The molecule has 1 saturated heterocycles. The SMILES string of the molecule is Cc1nc(N[C@H](C)c2cccc(C(C)F)c2F)c2cc(C3(C#N)CC3)c(OCC3CCCN3C)nc2n1. The third kappa shape index (κ3) is 4.82. The molecule has 3 atom stereocenters. The van der Waals surface area contributed by atoms with Gasteiger partial charge in [0.25, 0.3) is 0 Å². The number of fused-ring (bicyclic) bond motifs is 1. The zero-order valence-electron chi connectivity index (χ0n) is 21.7. The predicted octanol–water partition coefficient (Wildman–Crippen LogP) is 5.70. The molecule has 3 heterocycles. The number of nitriles is 1. The molecule has 2 aromatic heterocycles. The van der Waals surface area contributed by atoms with Gasteiger partial charge in [0.15, 0.2) is 5.65 Å². The molecule has 0 spiro atoms. The Labute approximate surface area is 215 Å². The van der Waals surface area contributed by atoms with E-state index in [2.05, 4.69) is 33.3 Å². The Kier molecular flexibility index (Phi) is 6.71. The van der Waals surface area contributed by atoms with Gasteiger partial charge in [-0.2, -0.15) is 10.2 Å². The standard InChI is InChI=1S/C28H32F2N6O/c1-16(29)20-8-5-9-21(24(20)30)17(2)32-25-22-13-23(28(15-31)10-11-28)27(35-26(22)34-18(3)33-25)37-14-19-7-6-12-36(19)4/h5,8-9,13,16-17,19H,6-7,10-12,14H2,1-4H3,(H,32,33,34,35)/t16?,17-,19?/m1/s1. The number of aromatic nitrogens is 3. The van der Waals surface area contributed by atoms with Crippen molar-refractivity contribution in [3.05, 3.63) is 52.6 Å². The normalized spacial score (nSPS) is 20.4. The van der Waals surface area contributed by atoms with Crippen LogP contribution in [0.1, 0.15) is 74.3 Å². The summed E-state index contributed by atoms with van der Waals surface area (Å²) in [5.74, 6) is 0.856. The van der Waals surface area contributed by atoms with E-state index in [9.17, 15) is 9.65 Å². The summed E-state index contributed by atoms with van der Waals surface area (Å²) in [5.41, 5.74) is 0.921.